The minimum Gasteiger partial charge on any atom is -0.477 e. The molecule has 2 aromatic heterocycles. The molecule has 114 valence electrons. The van der Waals surface area contributed by atoms with Gasteiger partial charge in [0.25, 0.3) is 0 Å². The number of alkyl halides is 1. The molecule has 0 radical (unpaired) electrons. The maximum atomic E-state index is 6.21. The van der Waals surface area contributed by atoms with Crippen molar-refractivity contribution in [3.63, 3.8) is 0 Å². The monoisotopic (exact) mass is 401 g/mol. The lowest BCUT2D eigenvalue weighted by molar-refractivity contribution is 0.128. The first kappa shape index (κ1) is 14.8. The lowest BCUT2D eigenvalue weighted by Gasteiger charge is -2.33. The van der Waals surface area contributed by atoms with E-state index in [-0.39, 0.29) is 9.53 Å². The first-order valence-electron chi connectivity index (χ1n) is 7.36. The molecule has 2 heterocycles. The van der Waals surface area contributed by atoms with Crippen molar-refractivity contribution in [1.82, 2.24) is 20.4 Å². The van der Waals surface area contributed by atoms with E-state index >= 15 is 0 Å². The van der Waals surface area contributed by atoms with Crippen molar-refractivity contribution >= 4 is 39.6 Å². The van der Waals surface area contributed by atoms with E-state index < -0.39 is 0 Å². The molecule has 1 aliphatic rings. The summed E-state index contributed by atoms with van der Waals surface area (Å²) in [6, 6.07) is 1.73. The maximum Gasteiger partial charge on any atom is 0.207 e. The quantitative estimate of drug-likeness (QED) is 0.467. The third kappa shape index (κ3) is 3.07. The topological polar surface area (TPSA) is 89.7 Å². The molecule has 3 rings (SSSR count). The average molecular weight is 401 g/mol. The van der Waals surface area contributed by atoms with Gasteiger partial charge in [-0.15, -0.1) is 5.10 Å². The molecular formula is C14H20IN5O. The van der Waals surface area contributed by atoms with Gasteiger partial charge in [0.15, 0.2) is 15.4 Å². The lowest BCUT2D eigenvalue weighted by Crippen LogP contribution is -2.31. The summed E-state index contributed by atoms with van der Waals surface area (Å²) in [5.41, 5.74) is 7.15. The number of aromatic amines is 1. The Hall–Kier alpha value is -1.12. The normalized spacial score (nSPS) is 20.1. The first-order valence-corrected chi connectivity index (χ1v) is 8.61. The minimum atomic E-state index is 0.0786. The maximum absolute atomic E-state index is 6.21. The third-order valence-corrected chi connectivity index (χ3v) is 6.06. The highest BCUT2D eigenvalue weighted by atomic mass is 127. The van der Waals surface area contributed by atoms with Gasteiger partial charge < -0.3 is 10.5 Å². The SMILES string of the molecule is CC1(C(I)Oc2cc(N)nc3n[nH]nc23)CCCCCC1. The number of nitrogens with two attached hydrogens (primary N) is 1. The van der Waals surface area contributed by atoms with Crippen LogP contribution < -0.4 is 10.5 Å². The Labute approximate surface area is 137 Å². The summed E-state index contributed by atoms with van der Waals surface area (Å²) in [6.07, 6.45) is 7.60. The van der Waals surface area contributed by atoms with Gasteiger partial charge in [-0.05, 0) is 35.4 Å². The number of hydrogen-bond acceptors (Lipinski definition) is 5. The van der Waals surface area contributed by atoms with Crippen molar-refractivity contribution in [1.29, 1.82) is 0 Å². The van der Waals surface area contributed by atoms with Gasteiger partial charge in [0, 0.05) is 11.5 Å². The van der Waals surface area contributed by atoms with Gasteiger partial charge in [-0.3, -0.25) is 0 Å². The van der Waals surface area contributed by atoms with Crippen LogP contribution in [0, 0.1) is 5.41 Å². The van der Waals surface area contributed by atoms with E-state index in [9.17, 15) is 0 Å². The summed E-state index contributed by atoms with van der Waals surface area (Å²) in [4.78, 5) is 4.14. The molecule has 0 saturated heterocycles. The van der Waals surface area contributed by atoms with Gasteiger partial charge in [-0.2, -0.15) is 10.3 Å². The van der Waals surface area contributed by atoms with E-state index in [0.717, 1.165) is 0 Å². The molecule has 0 aromatic carbocycles. The molecule has 7 heteroatoms. The van der Waals surface area contributed by atoms with Crippen LogP contribution in [-0.4, -0.2) is 24.5 Å². The Morgan fingerprint density at radius 3 is 2.71 bits per heavy atom. The highest BCUT2D eigenvalue weighted by Gasteiger charge is 2.35. The van der Waals surface area contributed by atoms with Crippen molar-refractivity contribution < 1.29 is 4.74 Å². The lowest BCUT2D eigenvalue weighted by atomic mass is 9.83. The standard InChI is InChI=1S/C14H20IN5O/c1-14(6-4-2-3-5-7-14)13(15)21-9-8-10(16)17-12-11(9)18-20-19-12/h8,13H,2-7H2,1H3,(H3,16,17,18,19,20). The second-order valence-corrected chi connectivity index (χ2v) is 7.17. The molecule has 1 aliphatic carbocycles. The number of nitrogens with one attached hydrogen (secondary N) is 1. The Balaban J connectivity index is 1.85. The van der Waals surface area contributed by atoms with Crippen molar-refractivity contribution in [2.75, 3.05) is 5.73 Å². The van der Waals surface area contributed by atoms with Crippen LogP contribution in [0.3, 0.4) is 0 Å². The molecule has 21 heavy (non-hydrogen) atoms. The number of H-pyrrole nitrogens is 1. The number of hydrogen-bond donors (Lipinski definition) is 2. The van der Waals surface area contributed by atoms with E-state index in [1.54, 1.807) is 6.07 Å². The third-order valence-electron chi connectivity index (χ3n) is 4.30. The van der Waals surface area contributed by atoms with E-state index in [0.29, 0.717) is 22.7 Å². The molecule has 0 spiro atoms. The van der Waals surface area contributed by atoms with Gasteiger partial charge in [-0.25, -0.2) is 4.98 Å². The van der Waals surface area contributed by atoms with Crippen LogP contribution in [0.15, 0.2) is 6.07 Å². The molecule has 0 bridgehead atoms. The number of anilines is 1. The van der Waals surface area contributed by atoms with Crippen LogP contribution in [0.5, 0.6) is 5.75 Å². The van der Waals surface area contributed by atoms with Gasteiger partial charge in [0.1, 0.15) is 5.82 Å². The Bertz CT molecular complexity index is 621. The number of nitrogen functional groups attached to an aromatic ring is 1. The van der Waals surface area contributed by atoms with E-state index in [2.05, 4.69) is 49.9 Å². The summed E-state index contributed by atoms with van der Waals surface area (Å²) in [5.74, 6) is 1.07. The summed E-state index contributed by atoms with van der Waals surface area (Å²) in [5, 5.41) is 10.7. The van der Waals surface area contributed by atoms with Crippen molar-refractivity contribution in [2.24, 2.45) is 5.41 Å². The molecule has 1 saturated carbocycles. The molecule has 1 atom stereocenters. The molecule has 0 amide bonds. The zero-order chi connectivity index (χ0) is 14.9. The van der Waals surface area contributed by atoms with Crippen molar-refractivity contribution in [2.45, 2.75) is 49.6 Å². The van der Waals surface area contributed by atoms with E-state index in [4.69, 9.17) is 10.5 Å². The fourth-order valence-corrected chi connectivity index (χ4v) is 3.83. The highest BCUT2D eigenvalue weighted by Crippen LogP contribution is 2.42. The van der Waals surface area contributed by atoms with Gasteiger partial charge in [-0.1, -0.05) is 32.6 Å². The van der Waals surface area contributed by atoms with Gasteiger partial charge >= 0.3 is 0 Å². The fourth-order valence-electron chi connectivity index (χ4n) is 2.93. The highest BCUT2D eigenvalue weighted by molar-refractivity contribution is 14.1. The molecule has 1 unspecified atom stereocenters. The van der Waals surface area contributed by atoms with Crippen LogP contribution in [0.25, 0.3) is 11.2 Å². The van der Waals surface area contributed by atoms with Crippen LogP contribution in [0.2, 0.25) is 0 Å². The van der Waals surface area contributed by atoms with Crippen molar-refractivity contribution in [3.8, 4) is 5.75 Å². The number of aromatic nitrogens is 4. The summed E-state index contributed by atoms with van der Waals surface area (Å²) in [6.45, 7) is 2.32. The predicted octanol–water partition coefficient (Wildman–Crippen LogP) is 3.44. The Morgan fingerprint density at radius 1 is 1.29 bits per heavy atom. The zero-order valence-corrected chi connectivity index (χ0v) is 14.3. The second kappa shape index (κ2) is 5.94. The molecule has 1 fully saturated rings. The second-order valence-electron chi connectivity index (χ2n) is 6.04. The minimum absolute atomic E-state index is 0.0786. The van der Waals surface area contributed by atoms with Crippen LogP contribution in [-0.2, 0) is 0 Å². The molecular weight excluding hydrogens is 381 g/mol. The van der Waals surface area contributed by atoms with E-state index in [1.807, 2.05) is 0 Å². The van der Waals surface area contributed by atoms with Crippen LogP contribution >= 0.6 is 22.6 Å². The number of rotatable bonds is 3. The number of ether oxygens (including phenoxy) is 1. The largest absolute Gasteiger partial charge is 0.477 e. The molecule has 6 nitrogen and oxygen atoms in total. The Kier molecular flexibility index (Phi) is 4.19. The summed E-state index contributed by atoms with van der Waals surface area (Å²) >= 11 is 2.40. The molecule has 2 aromatic rings. The Morgan fingerprint density at radius 2 is 2.00 bits per heavy atom. The van der Waals surface area contributed by atoms with E-state index in [1.165, 1.54) is 38.5 Å². The predicted molar refractivity (Wildman–Crippen MR) is 90.3 cm³/mol. The molecule has 0 aliphatic heterocycles. The van der Waals surface area contributed by atoms with Crippen LogP contribution in [0.4, 0.5) is 5.82 Å². The van der Waals surface area contributed by atoms with Gasteiger partial charge in [0.2, 0.25) is 5.65 Å². The summed E-state index contributed by atoms with van der Waals surface area (Å²) in [7, 11) is 0. The molecule has 3 N–H and O–H groups in total. The smallest absolute Gasteiger partial charge is 0.207 e. The average Bonchev–Trinajstić information content (AvgIpc) is 2.79. The summed E-state index contributed by atoms with van der Waals surface area (Å²) < 4.78 is 6.29. The number of nitrogens with zero attached hydrogens (tertiary/aromatic N) is 3. The zero-order valence-electron chi connectivity index (χ0n) is 12.1. The van der Waals surface area contributed by atoms with Gasteiger partial charge in [0.05, 0.1) is 0 Å². The first-order chi connectivity index (χ1) is 10.1. The number of halogens is 1. The van der Waals surface area contributed by atoms with Crippen molar-refractivity contribution in [3.05, 3.63) is 6.07 Å². The number of fused-ring (bicyclic) bond motifs is 1. The fraction of sp³-hybridized carbons (Fsp3) is 0.643. The number of pyridine rings is 1. The van der Waals surface area contributed by atoms with Crippen LogP contribution in [0.1, 0.15) is 45.4 Å².